The van der Waals surface area contributed by atoms with Crippen molar-refractivity contribution in [2.24, 2.45) is 0 Å². The van der Waals surface area contributed by atoms with Crippen LogP contribution in [0.25, 0.3) is 11.0 Å². The lowest BCUT2D eigenvalue weighted by Crippen LogP contribution is -2.45. The predicted octanol–water partition coefficient (Wildman–Crippen LogP) is 3.99. The van der Waals surface area contributed by atoms with E-state index < -0.39 is 5.91 Å². The minimum Gasteiger partial charge on any atom is -0.451 e. The molecule has 5 nitrogen and oxygen atoms in total. The lowest BCUT2D eigenvalue weighted by atomic mass is 10.1. The summed E-state index contributed by atoms with van der Waals surface area (Å²) in [4.78, 5) is 25.6. The zero-order valence-electron chi connectivity index (χ0n) is 14.8. The van der Waals surface area contributed by atoms with Crippen LogP contribution in [0.4, 0.5) is 0 Å². The molecule has 0 saturated carbocycles. The summed E-state index contributed by atoms with van der Waals surface area (Å²) in [5.74, 6) is -0.553. The van der Waals surface area contributed by atoms with Crippen LogP contribution >= 0.6 is 11.8 Å². The smallest absolute Gasteiger partial charge is 0.305 e. The van der Waals surface area contributed by atoms with E-state index in [1.807, 2.05) is 56.3 Å². The van der Waals surface area contributed by atoms with E-state index in [1.54, 1.807) is 13.0 Å². The van der Waals surface area contributed by atoms with E-state index in [0.29, 0.717) is 5.58 Å². The fourth-order valence-corrected chi connectivity index (χ4v) is 3.41. The van der Waals surface area contributed by atoms with Gasteiger partial charge < -0.3 is 4.42 Å². The van der Waals surface area contributed by atoms with Gasteiger partial charge in [-0.25, -0.2) is 0 Å². The van der Waals surface area contributed by atoms with Gasteiger partial charge in [-0.15, -0.1) is 11.8 Å². The molecule has 26 heavy (non-hydrogen) atoms. The largest absolute Gasteiger partial charge is 0.451 e. The molecule has 2 aromatic carbocycles. The minimum absolute atomic E-state index is 0.199. The lowest BCUT2D eigenvalue weighted by Gasteiger charge is -2.12. The normalized spacial score (nSPS) is 12.0. The standard InChI is InChI=1S/C20H20N2O3S/c1-12-8-10-15(11-9-12)26-14(3)19(23)21-22-20(24)18-13(2)16-6-4-5-7-17(16)25-18/h4-11,14H,1-3H3,(H,21,23)(H,22,24). The summed E-state index contributed by atoms with van der Waals surface area (Å²) < 4.78 is 5.59. The van der Waals surface area contributed by atoms with Crippen molar-refractivity contribution in [1.82, 2.24) is 10.9 Å². The summed E-state index contributed by atoms with van der Waals surface area (Å²) in [5.41, 5.74) is 7.45. The molecule has 6 heteroatoms. The number of amides is 2. The van der Waals surface area contributed by atoms with Crippen molar-refractivity contribution in [3.8, 4) is 0 Å². The third-order valence-corrected chi connectivity index (χ3v) is 5.16. The van der Waals surface area contributed by atoms with E-state index in [-0.39, 0.29) is 16.9 Å². The van der Waals surface area contributed by atoms with Gasteiger partial charge in [0.05, 0.1) is 5.25 Å². The Hall–Kier alpha value is -2.73. The van der Waals surface area contributed by atoms with Crippen LogP contribution in [0.1, 0.15) is 28.6 Å². The molecular weight excluding hydrogens is 348 g/mol. The van der Waals surface area contributed by atoms with E-state index in [9.17, 15) is 9.59 Å². The molecule has 1 unspecified atom stereocenters. The van der Waals surface area contributed by atoms with Gasteiger partial charge >= 0.3 is 5.91 Å². The Morgan fingerprint density at radius 3 is 2.38 bits per heavy atom. The Morgan fingerprint density at radius 2 is 1.69 bits per heavy atom. The highest BCUT2D eigenvalue weighted by atomic mass is 32.2. The van der Waals surface area contributed by atoms with Gasteiger partial charge in [-0.2, -0.15) is 0 Å². The average molecular weight is 368 g/mol. The van der Waals surface area contributed by atoms with Gasteiger partial charge in [0.1, 0.15) is 5.58 Å². The average Bonchev–Trinajstić information content (AvgIpc) is 2.98. The highest BCUT2D eigenvalue weighted by Crippen LogP contribution is 2.25. The monoisotopic (exact) mass is 368 g/mol. The molecule has 0 aliphatic rings. The first-order valence-corrected chi connectivity index (χ1v) is 9.15. The van der Waals surface area contributed by atoms with Crippen molar-refractivity contribution in [2.75, 3.05) is 0 Å². The Bertz CT molecular complexity index is 947. The fourth-order valence-electron chi connectivity index (χ4n) is 2.54. The predicted molar refractivity (Wildman–Crippen MR) is 103 cm³/mol. The van der Waals surface area contributed by atoms with Crippen molar-refractivity contribution >= 4 is 34.5 Å². The van der Waals surface area contributed by atoms with Crippen molar-refractivity contribution in [3.05, 3.63) is 65.4 Å². The maximum Gasteiger partial charge on any atom is 0.305 e. The minimum atomic E-state index is -0.473. The molecule has 0 fully saturated rings. The Kier molecular flexibility index (Phi) is 5.32. The highest BCUT2D eigenvalue weighted by molar-refractivity contribution is 8.00. The molecule has 1 atom stereocenters. The third kappa shape index (κ3) is 3.91. The quantitative estimate of drug-likeness (QED) is 0.539. The number of hydrogen-bond acceptors (Lipinski definition) is 4. The van der Waals surface area contributed by atoms with Crippen molar-refractivity contribution in [2.45, 2.75) is 30.9 Å². The van der Waals surface area contributed by atoms with E-state index in [1.165, 1.54) is 17.3 Å². The summed E-state index contributed by atoms with van der Waals surface area (Å²) in [5, 5.41) is 0.530. The molecular formula is C20H20N2O3S. The highest BCUT2D eigenvalue weighted by Gasteiger charge is 2.19. The summed E-state index contributed by atoms with van der Waals surface area (Å²) >= 11 is 1.43. The number of rotatable bonds is 4. The molecule has 2 N–H and O–H groups in total. The number of fused-ring (bicyclic) bond motifs is 1. The summed E-state index contributed by atoms with van der Waals surface area (Å²) in [6.07, 6.45) is 0. The van der Waals surface area contributed by atoms with Crippen LogP contribution in [0.15, 0.2) is 57.8 Å². The third-order valence-electron chi connectivity index (χ3n) is 4.05. The summed E-state index contributed by atoms with van der Waals surface area (Å²) in [7, 11) is 0. The Morgan fingerprint density at radius 1 is 1.00 bits per heavy atom. The molecule has 0 spiro atoms. The zero-order valence-corrected chi connectivity index (χ0v) is 15.6. The second-order valence-corrected chi connectivity index (χ2v) is 7.48. The number of carbonyl (C=O) groups is 2. The summed E-state index contributed by atoms with van der Waals surface area (Å²) in [6, 6.07) is 15.4. The van der Waals surface area contributed by atoms with Gasteiger partial charge in [0.25, 0.3) is 5.91 Å². The number of furan rings is 1. The molecule has 3 aromatic rings. The van der Waals surface area contributed by atoms with E-state index in [4.69, 9.17) is 4.42 Å². The van der Waals surface area contributed by atoms with Crippen molar-refractivity contribution in [3.63, 3.8) is 0 Å². The number of aryl methyl sites for hydroxylation is 2. The Labute approximate surface area is 156 Å². The molecule has 0 aliphatic heterocycles. The summed E-state index contributed by atoms with van der Waals surface area (Å²) in [6.45, 7) is 5.62. The van der Waals surface area contributed by atoms with Gasteiger partial charge in [0, 0.05) is 15.8 Å². The van der Waals surface area contributed by atoms with Crippen LogP contribution < -0.4 is 10.9 Å². The SMILES string of the molecule is Cc1ccc(SC(C)C(=O)NNC(=O)c2oc3ccccc3c2C)cc1. The van der Waals surface area contributed by atoms with Gasteiger partial charge in [-0.05, 0) is 39.0 Å². The first-order valence-electron chi connectivity index (χ1n) is 8.27. The number of thioether (sulfide) groups is 1. The molecule has 0 bridgehead atoms. The zero-order chi connectivity index (χ0) is 18.7. The second kappa shape index (κ2) is 7.66. The van der Waals surface area contributed by atoms with Crippen LogP contribution in [0.2, 0.25) is 0 Å². The van der Waals surface area contributed by atoms with Crippen LogP contribution in [0.3, 0.4) is 0 Å². The van der Waals surface area contributed by atoms with Gasteiger partial charge in [-0.1, -0.05) is 35.9 Å². The first-order chi connectivity index (χ1) is 12.5. The molecule has 0 aliphatic carbocycles. The van der Waals surface area contributed by atoms with Crippen LogP contribution in [-0.4, -0.2) is 17.1 Å². The van der Waals surface area contributed by atoms with E-state index >= 15 is 0 Å². The second-order valence-electron chi connectivity index (χ2n) is 6.07. The van der Waals surface area contributed by atoms with E-state index in [2.05, 4.69) is 10.9 Å². The molecule has 1 aromatic heterocycles. The molecule has 0 radical (unpaired) electrons. The van der Waals surface area contributed by atoms with Gasteiger partial charge in [-0.3, -0.25) is 20.4 Å². The number of hydrazine groups is 1. The number of carbonyl (C=O) groups excluding carboxylic acids is 2. The molecule has 1 heterocycles. The van der Waals surface area contributed by atoms with Crippen LogP contribution in [0, 0.1) is 13.8 Å². The van der Waals surface area contributed by atoms with Crippen LogP contribution in [-0.2, 0) is 4.79 Å². The lowest BCUT2D eigenvalue weighted by molar-refractivity contribution is -0.121. The number of benzene rings is 2. The van der Waals surface area contributed by atoms with Gasteiger partial charge in [0.2, 0.25) is 0 Å². The van der Waals surface area contributed by atoms with Crippen LogP contribution in [0.5, 0.6) is 0 Å². The maximum atomic E-state index is 12.3. The first kappa shape index (κ1) is 18.1. The maximum absolute atomic E-state index is 12.3. The molecule has 0 saturated heterocycles. The number of para-hydroxylation sites is 1. The van der Waals surface area contributed by atoms with E-state index in [0.717, 1.165) is 15.8 Å². The molecule has 3 rings (SSSR count). The van der Waals surface area contributed by atoms with Crippen molar-refractivity contribution in [1.29, 1.82) is 0 Å². The van der Waals surface area contributed by atoms with Gasteiger partial charge in [0.15, 0.2) is 5.76 Å². The van der Waals surface area contributed by atoms with Crippen molar-refractivity contribution < 1.29 is 14.0 Å². The number of nitrogens with one attached hydrogen (secondary N) is 2. The fraction of sp³-hybridized carbons (Fsp3) is 0.200. The molecule has 134 valence electrons. The topological polar surface area (TPSA) is 71.3 Å². The Balaban J connectivity index is 1.60. The number of hydrogen-bond donors (Lipinski definition) is 2. The molecule has 2 amide bonds.